The van der Waals surface area contributed by atoms with Crippen molar-refractivity contribution in [3.05, 3.63) is 0 Å². The molecule has 0 aromatic heterocycles. The lowest BCUT2D eigenvalue weighted by atomic mass is 9.82. The van der Waals surface area contributed by atoms with Crippen molar-refractivity contribution >= 4 is 5.91 Å². The molecule has 1 saturated carbocycles. The Labute approximate surface area is 98.3 Å². The van der Waals surface area contributed by atoms with Gasteiger partial charge in [-0.25, -0.2) is 0 Å². The summed E-state index contributed by atoms with van der Waals surface area (Å²) in [4.78, 5) is 13.4. The number of rotatable bonds is 2. The highest BCUT2D eigenvalue weighted by atomic mass is 19.4. The Morgan fingerprint density at radius 1 is 1.41 bits per heavy atom. The van der Waals surface area contributed by atoms with Crippen molar-refractivity contribution in [1.29, 1.82) is 0 Å². The third-order valence-corrected chi connectivity index (χ3v) is 4.05. The fraction of sp³-hybridized carbons (Fsp3) is 0.909. The van der Waals surface area contributed by atoms with E-state index in [-0.39, 0.29) is 25.6 Å². The summed E-state index contributed by atoms with van der Waals surface area (Å²) in [6.45, 7) is -0.0316. The predicted octanol–water partition coefficient (Wildman–Crippen LogP) is 1.54. The lowest BCUT2D eigenvalue weighted by Crippen LogP contribution is -2.56. The minimum Gasteiger partial charge on any atom is -0.342 e. The zero-order valence-electron chi connectivity index (χ0n) is 9.81. The van der Waals surface area contributed by atoms with E-state index in [0.717, 1.165) is 19.3 Å². The molecule has 17 heavy (non-hydrogen) atoms. The van der Waals surface area contributed by atoms with Gasteiger partial charge in [-0.3, -0.25) is 4.79 Å². The molecular weight excluding hydrogens is 233 g/mol. The SMILES string of the molecule is CN(C(=O)C1(C(F)(F)F)CCNC1)C1CCC1. The molecule has 0 bridgehead atoms. The second-order valence-electron chi connectivity index (χ2n) is 5.01. The molecule has 1 amide bonds. The van der Waals surface area contributed by atoms with Crippen LogP contribution in [0.2, 0.25) is 0 Å². The van der Waals surface area contributed by atoms with Crippen molar-refractivity contribution in [2.24, 2.45) is 5.41 Å². The smallest absolute Gasteiger partial charge is 0.342 e. The molecular formula is C11H17F3N2O. The number of hydrogen-bond donors (Lipinski definition) is 1. The number of hydrogen-bond acceptors (Lipinski definition) is 2. The van der Waals surface area contributed by atoms with Crippen molar-refractivity contribution < 1.29 is 18.0 Å². The quantitative estimate of drug-likeness (QED) is 0.806. The summed E-state index contributed by atoms with van der Waals surface area (Å²) in [6.07, 6.45) is -1.97. The predicted molar refractivity (Wildman–Crippen MR) is 56.4 cm³/mol. The lowest BCUT2D eigenvalue weighted by Gasteiger charge is -2.40. The van der Waals surface area contributed by atoms with Crippen LogP contribution in [0, 0.1) is 5.41 Å². The van der Waals surface area contributed by atoms with E-state index in [0.29, 0.717) is 0 Å². The van der Waals surface area contributed by atoms with E-state index in [2.05, 4.69) is 5.32 Å². The van der Waals surface area contributed by atoms with E-state index in [1.54, 1.807) is 0 Å². The largest absolute Gasteiger partial charge is 0.404 e. The highest BCUT2D eigenvalue weighted by Gasteiger charge is 2.62. The average Bonchev–Trinajstić information content (AvgIpc) is 2.62. The van der Waals surface area contributed by atoms with Gasteiger partial charge in [-0.2, -0.15) is 13.2 Å². The monoisotopic (exact) mass is 250 g/mol. The summed E-state index contributed by atoms with van der Waals surface area (Å²) in [7, 11) is 1.50. The van der Waals surface area contributed by atoms with E-state index in [4.69, 9.17) is 0 Å². The number of nitrogens with one attached hydrogen (secondary N) is 1. The third-order valence-electron chi connectivity index (χ3n) is 4.05. The Balaban J connectivity index is 2.18. The summed E-state index contributed by atoms with van der Waals surface area (Å²) in [5.74, 6) is -0.764. The van der Waals surface area contributed by atoms with Gasteiger partial charge in [-0.05, 0) is 32.2 Å². The molecule has 2 rings (SSSR count). The van der Waals surface area contributed by atoms with Crippen LogP contribution >= 0.6 is 0 Å². The van der Waals surface area contributed by atoms with Crippen LogP contribution in [-0.4, -0.2) is 43.2 Å². The molecule has 98 valence electrons. The second-order valence-corrected chi connectivity index (χ2v) is 5.01. The molecule has 1 heterocycles. The van der Waals surface area contributed by atoms with E-state index < -0.39 is 17.5 Å². The molecule has 3 nitrogen and oxygen atoms in total. The molecule has 6 heteroatoms. The molecule has 0 aromatic carbocycles. The van der Waals surface area contributed by atoms with Gasteiger partial charge in [0.1, 0.15) is 0 Å². The van der Waals surface area contributed by atoms with E-state index in [1.807, 2.05) is 0 Å². The molecule has 2 aliphatic rings. The van der Waals surface area contributed by atoms with Crippen LogP contribution in [0.4, 0.5) is 13.2 Å². The Bertz CT molecular complexity index is 306. The van der Waals surface area contributed by atoms with Crippen molar-refractivity contribution in [3.63, 3.8) is 0 Å². The van der Waals surface area contributed by atoms with Gasteiger partial charge in [-0.1, -0.05) is 0 Å². The van der Waals surface area contributed by atoms with Gasteiger partial charge < -0.3 is 10.2 Å². The van der Waals surface area contributed by atoms with Gasteiger partial charge in [0.05, 0.1) is 0 Å². The third kappa shape index (κ3) is 1.92. The van der Waals surface area contributed by atoms with Gasteiger partial charge in [-0.15, -0.1) is 0 Å². The first-order valence-corrected chi connectivity index (χ1v) is 5.93. The van der Waals surface area contributed by atoms with E-state index >= 15 is 0 Å². The molecule has 1 saturated heterocycles. The molecule has 2 fully saturated rings. The number of carbonyl (C=O) groups is 1. The zero-order chi connectivity index (χ0) is 12.7. The number of amides is 1. The van der Waals surface area contributed by atoms with Crippen LogP contribution in [0.3, 0.4) is 0 Å². The summed E-state index contributed by atoms with van der Waals surface area (Å²) in [5, 5.41) is 2.66. The fourth-order valence-corrected chi connectivity index (χ4v) is 2.52. The van der Waals surface area contributed by atoms with Crippen molar-refractivity contribution in [2.45, 2.75) is 37.9 Å². The first-order valence-electron chi connectivity index (χ1n) is 5.93. The normalized spacial score (nSPS) is 30.1. The zero-order valence-corrected chi connectivity index (χ0v) is 9.81. The first kappa shape index (κ1) is 12.7. The first-order chi connectivity index (χ1) is 7.88. The number of halogens is 3. The van der Waals surface area contributed by atoms with Gasteiger partial charge in [0.25, 0.3) is 0 Å². The van der Waals surface area contributed by atoms with Crippen LogP contribution in [0.1, 0.15) is 25.7 Å². The molecule has 1 N–H and O–H groups in total. The van der Waals surface area contributed by atoms with Crippen molar-refractivity contribution in [3.8, 4) is 0 Å². The summed E-state index contributed by atoms with van der Waals surface area (Å²) < 4.78 is 39.4. The van der Waals surface area contributed by atoms with Gasteiger partial charge >= 0.3 is 6.18 Å². The number of nitrogens with zero attached hydrogens (tertiary/aromatic N) is 1. The highest BCUT2D eigenvalue weighted by molar-refractivity contribution is 5.84. The Morgan fingerprint density at radius 2 is 2.06 bits per heavy atom. The van der Waals surface area contributed by atoms with Crippen LogP contribution in [0.25, 0.3) is 0 Å². The molecule has 1 aliphatic heterocycles. The average molecular weight is 250 g/mol. The summed E-state index contributed by atoms with van der Waals surface area (Å²) in [6, 6.07) is 0.00215. The minimum atomic E-state index is -4.47. The topological polar surface area (TPSA) is 32.3 Å². The number of alkyl halides is 3. The van der Waals surface area contributed by atoms with Crippen molar-refractivity contribution in [1.82, 2.24) is 10.2 Å². The Kier molecular flexibility index (Phi) is 3.10. The van der Waals surface area contributed by atoms with Crippen molar-refractivity contribution in [2.75, 3.05) is 20.1 Å². The van der Waals surface area contributed by atoms with Gasteiger partial charge in [0.2, 0.25) is 5.91 Å². The summed E-state index contributed by atoms with van der Waals surface area (Å²) in [5.41, 5.74) is -2.20. The fourth-order valence-electron chi connectivity index (χ4n) is 2.52. The Morgan fingerprint density at radius 3 is 2.41 bits per heavy atom. The Hall–Kier alpha value is -0.780. The molecule has 0 aromatic rings. The van der Waals surface area contributed by atoms with Crippen LogP contribution in [-0.2, 0) is 4.79 Å². The molecule has 1 aliphatic carbocycles. The highest BCUT2D eigenvalue weighted by Crippen LogP contribution is 2.45. The van der Waals surface area contributed by atoms with E-state index in [9.17, 15) is 18.0 Å². The molecule has 0 radical (unpaired) electrons. The number of carbonyl (C=O) groups excluding carboxylic acids is 1. The van der Waals surface area contributed by atoms with Crippen LogP contribution < -0.4 is 5.32 Å². The second kappa shape index (κ2) is 4.15. The van der Waals surface area contributed by atoms with Crippen LogP contribution in [0.15, 0.2) is 0 Å². The standard InChI is InChI=1S/C11H17F3N2O/c1-16(8-3-2-4-8)9(17)10(11(12,13)14)5-6-15-7-10/h8,15H,2-7H2,1H3. The van der Waals surface area contributed by atoms with E-state index in [1.165, 1.54) is 11.9 Å². The molecule has 1 unspecified atom stereocenters. The maximum atomic E-state index is 13.1. The van der Waals surface area contributed by atoms with Gasteiger partial charge in [0.15, 0.2) is 5.41 Å². The minimum absolute atomic E-state index is 0.00215. The van der Waals surface area contributed by atoms with Gasteiger partial charge in [0, 0.05) is 19.6 Å². The maximum absolute atomic E-state index is 13.1. The molecule has 1 atom stereocenters. The van der Waals surface area contributed by atoms with Crippen LogP contribution in [0.5, 0.6) is 0 Å². The molecule has 0 spiro atoms. The summed E-state index contributed by atoms with van der Waals surface area (Å²) >= 11 is 0. The maximum Gasteiger partial charge on any atom is 0.404 e. The lowest BCUT2D eigenvalue weighted by molar-refractivity contribution is -0.222.